The van der Waals surface area contributed by atoms with E-state index in [1.54, 1.807) is 18.2 Å². The second kappa shape index (κ2) is 7.12. The van der Waals surface area contributed by atoms with Gasteiger partial charge in [0.25, 0.3) is 0 Å². The molecule has 3 nitrogen and oxygen atoms in total. The highest BCUT2D eigenvalue weighted by Gasteiger charge is 2.21. The standard InChI is InChI=1S/C19H20O3/c20-13-17-8-9-18(22-14-16-4-2-1-3-5-16)19(12-17)21-11-10-15-6-7-15/h1-5,8-9,12-13,15H,6-7,10-11,14H2. The van der Waals surface area contributed by atoms with Gasteiger partial charge in [-0.25, -0.2) is 0 Å². The van der Waals surface area contributed by atoms with Crippen LogP contribution in [-0.4, -0.2) is 12.9 Å². The molecular formula is C19H20O3. The maximum atomic E-state index is 10.9. The molecule has 1 aliphatic rings. The zero-order chi connectivity index (χ0) is 15.2. The summed E-state index contributed by atoms with van der Waals surface area (Å²) in [7, 11) is 0. The zero-order valence-corrected chi connectivity index (χ0v) is 12.5. The first kappa shape index (κ1) is 14.6. The van der Waals surface area contributed by atoms with Gasteiger partial charge in [-0.2, -0.15) is 0 Å². The number of hydrogen-bond donors (Lipinski definition) is 0. The van der Waals surface area contributed by atoms with Crippen molar-refractivity contribution < 1.29 is 14.3 Å². The first-order valence-electron chi connectivity index (χ1n) is 7.74. The number of rotatable bonds is 8. The quantitative estimate of drug-likeness (QED) is 0.683. The van der Waals surface area contributed by atoms with Crippen LogP contribution in [0.4, 0.5) is 0 Å². The molecule has 0 aliphatic heterocycles. The predicted octanol–water partition coefficient (Wildman–Crippen LogP) is 4.26. The number of ether oxygens (including phenoxy) is 2. The van der Waals surface area contributed by atoms with Gasteiger partial charge < -0.3 is 9.47 Å². The Labute approximate surface area is 130 Å². The molecular weight excluding hydrogens is 276 g/mol. The average molecular weight is 296 g/mol. The van der Waals surface area contributed by atoms with Crippen molar-refractivity contribution in [2.75, 3.05) is 6.61 Å². The van der Waals surface area contributed by atoms with Crippen molar-refractivity contribution in [2.45, 2.75) is 25.9 Å². The van der Waals surface area contributed by atoms with E-state index < -0.39 is 0 Å². The second-order valence-corrected chi connectivity index (χ2v) is 5.68. The number of aldehydes is 1. The van der Waals surface area contributed by atoms with Gasteiger partial charge in [0.15, 0.2) is 11.5 Å². The van der Waals surface area contributed by atoms with Gasteiger partial charge in [-0.15, -0.1) is 0 Å². The molecule has 3 rings (SSSR count). The van der Waals surface area contributed by atoms with Crippen LogP contribution in [0.25, 0.3) is 0 Å². The van der Waals surface area contributed by atoms with Crippen LogP contribution in [-0.2, 0) is 6.61 Å². The molecule has 1 fully saturated rings. The van der Waals surface area contributed by atoms with Crippen LogP contribution in [0.1, 0.15) is 35.2 Å². The fraction of sp³-hybridized carbons (Fsp3) is 0.316. The summed E-state index contributed by atoms with van der Waals surface area (Å²) >= 11 is 0. The summed E-state index contributed by atoms with van der Waals surface area (Å²) in [6, 6.07) is 15.3. The third-order valence-corrected chi connectivity index (χ3v) is 3.82. The van der Waals surface area contributed by atoms with Crippen molar-refractivity contribution in [1.29, 1.82) is 0 Å². The molecule has 3 heteroatoms. The van der Waals surface area contributed by atoms with E-state index in [2.05, 4.69) is 0 Å². The molecule has 0 radical (unpaired) electrons. The Hall–Kier alpha value is -2.29. The molecule has 2 aromatic carbocycles. The summed E-state index contributed by atoms with van der Waals surface area (Å²) in [6.07, 6.45) is 4.53. The van der Waals surface area contributed by atoms with Crippen molar-refractivity contribution in [2.24, 2.45) is 5.92 Å². The van der Waals surface area contributed by atoms with E-state index in [1.165, 1.54) is 12.8 Å². The number of hydrogen-bond acceptors (Lipinski definition) is 3. The summed E-state index contributed by atoms with van der Waals surface area (Å²) in [4.78, 5) is 10.9. The smallest absolute Gasteiger partial charge is 0.161 e. The lowest BCUT2D eigenvalue weighted by Gasteiger charge is -2.13. The Morgan fingerprint density at radius 3 is 2.55 bits per heavy atom. The maximum absolute atomic E-state index is 10.9. The zero-order valence-electron chi connectivity index (χ0n) is 12.5. The number of carbonyl (C=O) groups is 1. The summed E-state index contributed by atoms with van der Waals surface area (Å²) in [5, 5.41) is 0. The molecule has 0 heterocycles. The van der Waals surface area contributed by atoms with E-state index in [1.807, 2.05) is 30.3 Å². The van der Waals surface area contributed by atoms with Gasteiger partial charge in [0.2, 0.25) is 0 Å². The minimum absolute atomic E-state index is 0.486. The van der Waals surface area contributed by atoms with Gasteiger partial charge in [-0.1, -0.05) is 43.2 Å². The van der Waals surface area contributed by atoms with Crippen molar-refractivity contribution >= 4 is 6.29 Å². The van der Waals surface area contributed by atoms with Crippen molar-refractivity contribution in [1.82, 2.24) is 0 Å². The molecule has 2 aromatic rings. The lowest BCUT2D eigenvalue weighted by molar-refractivity contribution is 0.112. The Balaban J connectivity index is 1.66. The lowest BCUT2D eigenvalue weighted by atomic mass is 10.2. The van der Waals surface area contributed by atoms with Crippen LogP contribution in [0.5, 0.6) is 11.5 Å². The Morgan fingerprint density at radius 2 is 1.82 bits per heavy atom. The Morgan fingerprint density at radius 1 is 1.00 bits per heavy atom. The van der Waals surface area contributed by atoms with Crippen molar-refractivity contribution in [3.05, 3.63) is 59.7 Å². The van der Waals surface area contributed by atoms with Gasteiger partial charge >= 0.3 is 0 Å². The highest BCUT2D eigenvalue weighted by molar-refractivity contribution is 5.76. The van der Waals surface area contributed by atoms with Crippen LogP contribution in [0.15, 0.2) is 48.5 Å². The molecule has 0 bridgehead atoms. The van der Waals surface area contributed by atoms with Gasteiger partial charge in [-0.05, 0) is 36.1 Å². The minimum atomic E-state index is 0.486. The molecule has 0 spiro atoms. The average Bonchev–Trinajstić information content (AvgIpc) is 3.39. The first-order valence-corrected chi connectivity index (χ1v) is 7.74. The predicted molar refractivity (Wildman–Crippen MR) is 85.4 cm³/mol. The van der Waals surface area contributed by atoms with Crippen LogP contribution in [0, 0.1) is 5.92 Å². The highest BCUT2D eigenvalue weighted by atomic mass is 16.5. The Bertz CT molecular complexity index is 618. The molecule has 0 aromatic heterocycles. The van der Waals surface area contributed by atoms with E-state index in [9.17, 15) is 4.79 Å². The molecule has 0 N–H and O–H groups in total. The molecule has 0 saturated heterocycles. The third-order valence-electron chi connectivity index (χ3n) is 3.82. The molecule has 1 aliphatic carbocycles. The number of benzene rings is 2. The molecule has 1 saturated carbocycles. The van der Waals surface area contributed by atoms with Gasteiger partial charge in [0.05, 0.1) is 6.61 Å². The molecule has 114 valence electrons. The Kier molecular flexibility index (Phi) is 4.74. The van der Waals surface area contributed by atoms with Crippen LogP contribution in [0.2, 0.25) is 0 Å². The van der Waals surface area contributed by atoms with E-state index in [4.69, 9.17) is 9.47 Å². The van der Waals surface area contributed by atoms with E-state index in [0.717, 1.165) is 24.2 Å². The van der Waals surface area contributed by atoms with Crippen LogP contribution in [0.3, 0.4) is 0 Å². The number of carbonyl (C=O) groups excluding carboxylic acids is 1. The van der Waals surface area contributed by atoms with Crippen molar-refractivity contribution in [3.8, 4) is 11.5 Å². The SMILES string of the molecule is O=Cc1ccc(OCc2ccccc2)c(OCCC2CC2)c1. The molecule has 0 atom stereocenters. The lowest BCUT2D eigenvalue weighted by Crippen LogP contribution is -2.02. The van der Waals surface area contributed by atoms with Gasteiger partial charge in [-0.3, -0.25) is 4.79 Å². The molecule has 0 amide bonds. The van der Waals surface area contributed by atoms with Crippen molar-refractivity contribution in [3.63, 3.8) is 0 Å². The third kappa shape index (κ3) is 4.10. The van der Waals surface area contributed by atoms with Gasteiger partial charge in [0.1, 0.15) is 12.9 Å². The topological polar surface area (TPSA) is 35.5 Å². The summed E-state index contributed by atoms with van der Waals surface area (Å²) in [5.41, 5.74) is 1.71. The largest absolute Gasteiger partial charge is 0.490 e. The molecule has 22 heavy (non-hydrogen) atoms. The summed E-state index contributed by atoms with van der Waals surface area (Å²) in [6.45, 7) is 1.16. The van der Waals surface area contributed by atoms with Gasteiger partial charge in [0, 0.05) is 5.56 Å². The monoisotopic (exact) mass is 296 g/mol. The fourth-order valence-electron chi connectivity index (χ4n) is 2.31. The minimum Gasteiger partial charge on any atom is -0.490 e. The summed E-state index contributed by atoms with van der Waals surface area (Å²) in [5.74, 6) is 2.16. The van der Waals surface area contributed by atoms with E-state index in [0.29, 0.717) is 30.3 Å². The van der Waals surface area contributed by atoms with E-state index >= 15 is 0 Å². The second-order valence-electron chi connectivity index (χ2n) is 5.68. The fourth-order valence-corrected chi connectivity index (χ4v) is 2.31. The van der Waals surface area contributed by atoms with Crippen LogP contribution >= 0.6 is 0 Å². The first-order chi connectivity index (χ1) is 10.8. The van der Waals surface area contributed by atoms with Crippen LogP contribution < -0.4 is 9.47 Å². The summed E-state index contributed by atoms with van der Waals surface area (Å²) < 4.78 is 11.7. The highest BCUT2D eigenvalue weighted by Crippen LogP contribution is 2.34. The van der Waals surface area contributed by atoms with E-state index in [-0.39, 0.29) is 0 Å². The normalized spacial score (nSPS) is 13.6. The maximum Gasteiger partial charge on any atom is 0.161 e. The molecule has 0 unspecified atom stereocenters.